The number of para-hydroxylation sites is 1. The third-order valence-electron chi connectivity index (χ3n) is 3.63. The van der Waals surface area contributed by atoms with E-state index >= 15 is 0 Å². The Kier molecular flexibility index (Phi) is 7.31. The van der Waals surface area contributed by atoms with Gasteiger partial charge in [-0.15, -0.1) is 0 Å². The first-order valence-electron chi connectivity index (χ1n) is 8.22. The number of hydrogen-bond donors (Lipinski definition) is 2. The molecule has 0 aromatic heterocycles. The Bertz CT molecular complexity index is 797. The van der Waals surface area contributed by atoms with E-state index in [2.05, 4.69) is 5.32 Å². The van der Waals surface area contributed by atoms with Crippen molar-refractivity contribution in [2.45, 2.75) is 12.5 Å². The largest absolute Gasteiger partial charge is 0.493 e. The Balaban J connectivity index is 2.13. The van der Waals surface area contributed by atoms with Gasteiger partial charge in [0.05, 0.1) is 12.6 Å². The monoisotopic (exact) mass is 392 g/mol. The Morgan fingerprint density at radius 1 is 1.19 bits per heavy atom. The first-order valence-corrected chi connectivity index (χ1v) is 8.60. The minimum absolute atomic E-state index is 0.237. The summed E-state index contributed by atoms with van der Waals surface area (Å²) in [5.74, 6) is 0.876. The average molecular weight is 393 g/mol. The summed E-state index contributed by atoms with van der Waals surface area (Å²) in [6, 6.07) is 13.1. The zero-order chi connectivity index (χ0) is 19.8. The zero-order valence-electron chi connectivity index (χ0n) is 15.0. The molecule has 27 heavy (non-hydrogen) atoms. The summed E-state index contributed by atoms with van der Waals surface area (Å²) in [4.78, 5) is 24.4. The number of carbonyl (C=O) groups excluding carboxylic acids is 1. The molecular formula is C19H21ClN2O5. The molecule has 0 saturated heterocycles. The fourth-order valence-corrected chi connectivity index (χ4v) is 2.53. The molecule has 144 valence electrons. The lowest BCUT2D eigenvalue weighted by Crippen LogP contribution is -2.30. The standard InChI is InChI=1S/C19H21ClN2O5/c1-22(2)19(25)27-17-9-4-3-8-15(17)16(21-18(23)24)10-11-26-14-7-5-6-13(20)12-14/h3-9,12,16,21H,10-11H2,1-2H3,(H,23,24). The van der Waals surface area contributed by atoms with E-state index in [1.165, 1.54) is 4.90 Å². The van der Waals surface area contributed by atoms with E-state index in [0.717, 1.165) is 0 Å². The van der Waals surface area contributed by atoms with Gasteiger partial charge >= 0.3 is 12.2 Å². The highest BCUT2D eigenvalue weighted by molar-refractivity contribution is 6.30. The topological polar surface area (TPSA) is 88.1 Å². The summed E-state index contributed by atoms with van der Waals surface area (Å²) in [5.41, 5.74) is 0.546. The SMILES string of the molecule is CN(C)C(=O)Oc1ccccc1C(CCOc1cccc(Cl)c1)NC(=O)O. The van der Waals surface area contributed by atoms with Crippen molar-refractivity contribution in [3.8, 4) is 11.5 Å². The van der Waals surface area contributed by atoms with Crippen LogP contribution in [0.2, 0.25) is 5.02 Å². The molecule has 0 saturated carbocycles. The highest BCUT2D eigenvalue weighted by atomic mass is 35.5. The minimum atomic E-state index is -1.18. The van der Waals surface area contributed by atoms with Gasteiger partial charge in [-0.05, 0) is 24.3 Å². The van der Waals surface area contributed by atoms with Gasteiger partial charge in [-0.2, -0.15) is 0 Å². The number of carbonyl (C=O) groups is 2. The molecule has 7 nitrogen and oxygen atoms in total. The molecular weight excluding hydrogens is 372 g/mol. The van der Waals surface area contributed by atoms with E-state index in [9.17, 15) is 14.7 Å². The van der Waals surface area contributed by atoms with Crippen molar-refractivity contribution in [1.29, 1.82) is 0 Å². The van der Waals surface area contributed by atoms with Crippen LogP contribution in [0.4, 0.5) is 9.59 Å². The quantitative estimate of drug-likeness (QED) is 0.738. The summed E-state index contributed by atoms with van der Waals surface area (Å²) in [7, 11) is 3.13. The first-order chi connectivity index (χ1) is 12.9. The Morgan fingerprint density at radius 3 is 2.59 bits per heavy atom. The second kappa shape index (κ2) is 9.68. The minimum Gasteiger partial charge on any atom is -0.493 e. The van der Waals surface area contributed by atoms with E-state index in [4.69, 9.17) is 21.1 Å². The molecule has 0 fully saturated rings. The molecule has 0 spiro atoms. The fourth-order valence-electron chi connectivity index (χ4n) is 2.35. The maximum atomic E-state index is 11.9. The number of hydrogen-bond acceptors (Lipinski definition) is 4. The molecule has 2 N–H and O–H groups in total. The second-order valence-electron chi connectivity index (χ2n) is 5.90. The van der Waals surface area contributed by atoms with Crippen LogP contribution in [-0.2, 0) is 0 Å². The highest BCUT2D eigenvalue weighted by Gasteiger charge is 2.20. The van der Waals surface area contributed by atoms with Crippen molar-refractivity contribution >= 4 is 23.8 Å². The third kappa shape index (κ3) is 6.38. The lowest BCUT2D eigenvalue weighted by atomic mass is 10.0. The van der Waals surface area contributed by atoms with E-state index in [-0.39, 0.29) is 12.4 Å². The molecule has 2 rings (SSSR count). The normalized spacial score (nSPS) is 11.4. The molecule has 0 aliphatic rings. The van der Waals surface area contributed by atoms with Gasteiger partial charge in [0.2, 0.25) is 0 Å². The molecule has 8 heteroatoms. The summed E-state index contributed by atoms with van der Waals surface area (Å²) in [6.07, 6.45) is -1.40. The van der Waals surface area contributed by atoms with Crippen LogP contribution in [0.3, 0.4) is 0 Å². The molecule has 2 amide bonds. The second-order valence-corrected chi connectivity index (χ2v) is 6.33. The van der Waals surface area contributed by atoms with Crippen LogP contribution in [-0.4, -0.2) is 42.9 Å². The number of nitrogens with one attached hydrogen (secondary N) is 1. The van der Waals surface area contributed by atoms with Gasteiger partial charge in [-0.1, -0.05) is 35.9 Å². The maximum absolute atomic E-state index is 11.9. The van der Waals surface area contributed by atoms with Gasteiger partial charge in [0, 0.05) is 31.1 Å². The van der Waals surface area contributed by atoms with Crippen molar-refractivity contribution in [2.24, 2.45) is 0 Å². The van der Waals surface area contributed by atoms with Crippen LogP contribution in [0.15, 0.2) is 48.5 Å². The number of benzene rings is 2. The Labute approximate surface area is 162 Å². The number of nitrogens with zero attached hydrogens (tertiary/aromatic N) is 1. The molecule has 2 aromatic rings. The fraction of sp³-hybridized carbons (Fsp3) is 0.263. The van der Waals surface area contributed by atoms with Gasteiger partial charge in [0.25, 0.3) is 0 Å². The molecule has 0 aliphatic heterocycles. The molecule has 0 radical (unpaired) electrons. The molecule has 0 aliphatic carbocycles. The third-order valence-corrected chi connectivity index (χ3v) is 3.86. The van der Waals surface area contributed by atoms with Crippen LogP contribution in [0, 0.1) is 0 Å². The highest BCUT2D eigenvalue weighted by Crippen LogP contribution is 2.28. The number of halogens is 1. The van der Waals surface area contributed by atoms with Crippen molar-refractivity contribution < 1.29 is 24.2 Å². The van der Waals surface area contributed by atoms with Crippen molar-refractivity contribution in [2.75, 3.05) is 20.7 Å². The van der Waals surface area contributed by atoms with E-state index in [1.54, 1.807) is 62.6 Å². The summed E-state index contributed by atoms with van der Waals surface area (Å²) in [5, 5.41) is 12.2. The van der Waals surface area contributed by atoms with Gasteiger partial charge in [0.1, 0.15) is 11.5 Å². The Morgan fingerprint density at radius 2 is 1.93 bits per heavy atom. The van der Waals surface area contributed by atoms with Crippen molar-refractivity contribution in [1.82, 2.24) is 10.2 Å². The number of rotatable bonds is 7. The van der Waals surface area contributed by atoms with Gasteiger partial charge in [-0.3, -0.25) is 0 Å². The van der Waals surface area contributed by atoms with Crippen molar-refractivity contribution in [3.05, 3.63) is 59.1 Å². The number of amides is 2. The summed E-state index contributed by atoms with van der Waals surface area (Å²) >= 11 is 5.92. The van der Waals surface area contributed by atoms with E-state index in [1.807, 2.05) is 0 Å². The first kappa shape index (κ1) is 20.4. The van der Waals surface area contributed by atoms with Crippen molar-refractivity contribution in [3.63, 3.8) is 0 Å². The van der Waals surface area contributed by atoms with Crippen LogP contribution in [0.1, 0.15) is 18.0 Å². The summed E-state index contributed by atoms with van der Waals surface area (Å²) < 4.78 is 11.0. The summed E-state index contributed by atoms with van der Waals surface area (Å²) in [6.45, 7) is 0.237. The maximum Gasteiger partial charge on any atom is 0.414 e. The lowest BCUT2D eigenvalue weighted by Gasteiger charge is -2.21. The molecule has 0 bridgehead atoms. The average Bonchev–Trinajstić information content (AvgIpc) is 2.61. The lowest BCUT2D eigenvalue weighted by molar-refractivity contribution is 0.170. The van der Waals surface area contributed by atoms with Crippen LogP contribution in [0.5, 0.6) is 11.5 Å². The molecule has 1 atom stereocenters. The van der Waals surface area contributed by atoms with Gasteiger partial charge in [0.15, 0.2) is 0 Å². The predicted molar refractivity (Wildman–Crippen MR) is 102 cm³/mol. The van der Waals surface area contributed by atoms with Gasteiger partial charge in [-0.25, -0.2) is 9.59 Å². The number of ether oxygens (including phenoxy) is 2. The Hall–Kier alpha value is -2.93. The zero-order valence-corrected chi connectivity index (χ0v) is 15.8. The predicted octanol–water partition coefficient (Wildman–Crippen LogP) is 4.18. The van der Waals surface area contributed by atoms with E-state index < -0.39 is 18.2 Å². The smallest absolute Gasteiger partial charge is 0.414 e. The van der Waals surface area contributed by atoms with E-state index in [0.29, 0.717) is 22.8 Å². The van der Waals surface area contributed by atoms with Crippen LogP contribution >= 0.6 is 11.6 Å². The van der Waals surface area contributed by atoms with Gasteiger partial charge < -0.3 is 24.8 Å². The molecule has 1 unspecified atom stereocenters. The molecule has 2 aromatic carbocycles. The van der Waals surface area contributed by atoms with Crippen LogP contribution in [0.25, 0.3) is 0 Å². The van der Waals surface area contributed by atoms with Crippen LogP contribution < -0.4 is 14.8 Å². The molecule has 0 heterocycles. The number of carboxylic acid groups (broad SMARTS) is 1.